The standard InChI is InChI=1S/C14H16N4O3S/c1-7-4-3-5-8(11(7)14(15)19)12-13-9(17-18-12)6-10(16-13)22(2,20)21/h3-5,10,16H,6H2,1-2H3,(H2,15,19)(H,17,18). The summed E-state index contributed by atoms with van der Waals surface area (Å²) < 4.78 is 23.4. The fraction of sp³-hybridized carbons (Fsp3) is 0.286. The minimum atomic E-state index is -3.22. The largest absolute Gasteiger partial charge is 0.366 e. The second kappa shape index (κ2) is 4.84. The molecule has 8 heteroatoms. The molecule has 0 radical (unpaired) electrons. The first-order chi connectivity index (χ1) is 10.3. The number of anilines is 1. The number of carbonyl (C=O) groups is 1. The number of fused-ring (bicyclic) bond motifs is 1. The number of benzene rings is 1. The summed E-state index contributed by atoms with van der Waals surface area (Å²) in [5, 5.41) is 9.35. The van der Waals surface area contributed by atoms with Crippen LogP contribution in [0.5, 0.6) is 0 Å². The second-order valence-electron chi connectivity index (χ2n) is 5.45. The van der Waals surface area contributed by atoms with Crippen molar-refractivity contribution >= 4 is 21.4 Å². The molecule has 1 aromatic carbocycles. The molecule has 0 aliphatic carbocycles. The zero-order valence-corrected chi connectivity index (χ0v) is 13.0. The van der Waals surface area contributed by atoms with Crippen molar-refractivity contribution < 1.29 is 13.2 Å². The van der Waals surface area contributed by atoms with Crippen molar-refractivity contribution in [3.63, 3.8) is 0 Å². The number of hydrogen-bond acceptors (Lipinski definition) is 5. The molecule has 1 atom stereocenters. The highest BCUT2D eigenvalue weighted by molar-refractivity contribution is 7.91. The quantitative estimate of drug-likeness (QED) is 0.774. The Kier molecular flexibility index (Phi) is 3.21. The zero-order chi connectivity index (χ0) is 16.1. The van der Waals surface area contributed by atoms with Gasteiger partial charge >= 0.3 is 0 Å². The van der Waals surface area contributed by atoms with E-state index in [1.807, 2.05) is 0 Å². The van der Waals surface area contributed by atoms with Crippen LogP contribution in [0.25, 0.3) is 11.3 Å². The Bertz CT molecular complexity index is 870. The number of nitrogens with one attached hydrogen (secondary N) is 2. The lowest BCUT2D eigenvalue weighted by atomic mass is 9.98. The molecule has 4 N–H and O–H groups in total. The number of primary amides is 1. The molecular formula is C14H16N4O3S. The Labute approximate surface area is 127 Å². The maximum atomic E-state index is 11.7. The van der Waals surface area contributed by atoms with Gasteiger partial charge in [0.2, 0.25) is 5.91 Å². The van der Waals surface area contributed by atoms with Crippen molar-refractivity contribution in [2.45, 2.75) is 18.7 Å². The monoisotopic (exact) mass is 320 g/mol. The summed E-state index contributed by atoms with van der Waals surface area (Å²) in [6.07, 6.45) is 1.50. The van der Waals surface area contributed by atoms with Crippen LogP contribution in [0.3, 0.4) is 0 Å². The number of amides is 1. The summed E-state index contributed by atoms with van der Waals surface area (Å²) in [6.45, 7) is 1.79. The molecule has 1 aliphatic heterocycles. The van der Waals surface area contributed by atoms with Crippen molar-refractivity contribution in [1.82, 2.24) is 10.2 Å². The van der Waals surface area contributed by atoms with Crippen LogP contribution in [0, 0.1) is 6.92 Å². The Hall–Kier alpha value is -2.35. The average Bonchev–Trinajstić information content (AvgIpc) is 2.96. The van der Waals surface area contributed by atoms with Crippen LogP contribution in [0.1, 0.15) is 21.6 Å². The first-order valence-electron chi connectivity index (χ1n) is 6.71. The number of nitrogens with zero attached hydrogens (tertiary/aromatic N) is 1. The van der Waals surface area contributed by atoms with Gasteiger partial charge in [0, 0.05) is 18.2 Å². The van der Waals surface area contributed by atoms with Gasteiger partial charge in [0.05, 0.1) is 16.9 Å². The highest BCUT2D eigenvalue weighted by Crippen LogP contribution is 2.37. The van der Waals surface area contributed by atoms with Crippen molar-refractivity contribution in [3.8, 4) is 11.3 Å². The van der Waals surface area contributed by atoms with Crippen LogP contribution >= 0.6 is 0 Å². The van der Waals surface area contributed by atoms with Gasteiger partial charge < -0.3 is 11.1 Å². The van der Waals surface area contributed by atoms with Crippen LogP contribution in [0.15, 0.2) is 18.2 Å². The van der Waals surface area contributed by atoms with Gasteiger partial charge in [-0.05, 0) is 12.5 Å². The Morgan fingerprint density at radius 2 is 2.14 bits per heavy atom. The first-order valence-corrected chi connectivity index (χ1v) is 8.67. The van der Waals surface area contributed by atoms with Crippen LogP contribution < -0.4 is 11.1 Å². The number of hydrogen-bond donors (Lipinski definition) is 3. The van der Waals surface area contributed by atoms with Gasteiger partial charge in [-0.15, -0.1) is 0 Å². The molecule has 0 fully saturated rings. The highest BCUT2D eigenvalue weighted by Gasteiger charge is 2.33. The lowest BCUT2D eigenvalue weighted by molar-refractivity contribution is 0.100. The van der Waals surface area contributed by atoms with Crippen LogP contribution in [0.4, 0.5) is 5.69 Å². The van der Waals surface area contributed by atoms with Crippen molar-refractivity contribution in [1.29, 1.82) is 0 Å². The third-order valence-electron chi connectivity index (χ3n) is 3.83. The van der Waals surface area contributed by atoms with E-state index in [-0.39, 0.29) is 0 Å². The number of carbonyl (C=O) groups excluding carboxylic acids is 1. The predicted molar refractivity (Wildman–Crippen MR) is 83.2 cm³/mol. The van der Waals surface area contributed by atoms with E-state index < -0.39 is 21.1 Å². The maximum absolute atomic E-state index is 11.7. The molecule has 2 aromatic rings. The number of aryl methyl sites for hydroxylation is 1. The van der Waals surface area contributed by atoms with Crippen LogP contribution in [0.2, 0.25) is 0 Å². The Morgan fingerprint density at radius 1 is 1.41 bits per heavy atom. The summed E-state index contributed by atoms with van der Waals surface area (Å²) in [4.78, 5) is 11.7. The van der Waals surface area contributed by atoms with Crippen LogP contribution in [-0.2, 0) is 16.3 Å². The van der Waals surface area contributed by atoms with Gasteiger partial charge in [0.1, 0.15) is 11.1 Å². The van der Waals surface area contributed by atoms with Gasteiger partial charge in [0.25, 0.3) is 0 Å². The summed E-state index contributed by atoms with van der Waals surface area (Å²) in [5.74, 6) is -0.539. The molecule has 1 aromatic heterocycles. The van der Waals surface area contributed by atoms with E-state index in [2.05, 4.69) is 15.5 Å². The number of H-pyrrole nitrogens is 1. The fourth-order valence-corrected chi connectivity index (χ4v) is 3.53. The molecule has 1 aliphatic rings. The van der Waals surface area contributed by atoms with Crippen molar-refractivity contribution in [2.24, 2.45) is 5.73 Å². The van der Waals surface area contributed by atoms with Gasteiger partial charge in [0.15, 0.2) is 9.84 Å². The number of rotatable bonds is 3. The van der Waals surface area contributed by atoms with Crippen molar-refractivity contribution in [3.05, 3.63) is 35.0 Å². The Morgan fingerprint density at radius 3 is 2.77 bits per heavy atom. The molecule has 7 nitrogen and oxygen atoms in total. The van der Waals surface area contributed by atoms with Gasteiger partial charge in [-0.3, -0.25) is 9.89 Å². The third-order valence-corrected chi connectivity index (χ3v) is 5.15. The van der Waals surface area contributed by atoms with E-state index in [0.717, 1.165) is 5.56 Å². The fourth-order valence-electron chi connectivity index (χ4n) is 2.72. The van der Waals surface area contributed by atoms with E-state index >= 15 is 0 Å². The molecule has 116 valence electrons. The van der Waals surface area contributed by atoms with E-state index in [9.17, 15) is 13.2 Å². The highest BCUT2D eigenvalue weighted by atomic mass is 32.2. The summed E-state index contributed by atoms with van der Waals surface area (Å²) in [5.41, 5.74) is 9.04. The molecule has 1 unspecified atom stereocenters. The van der Waals surface area contributed by atoms with E-state index in [0.29, 0.717) is 34.6 Å². The topological polar surface area (TPSA) is 118 Å². The Balaban J connectivity index is 2.12. The average molecular weight is 320 g/mol. The van der Waals surface area contributed by atoms with Crippen LogP contribution in [-0.4, -0.2) is 36.2 Å². The molecule has 0 saturated carbocycles. The first kappa shape index (κ1) is 14.6. The minimum Gasteiger partial charge on any atom is -0.366 e. The van der Waals surface area contributed by atoms with Gasteiger partial charge in [-0.25, -0.2) is 8.42 Å². The summed E-state index contributed by atoms with van der Waals surface area (Å²) in [6, 6.07) is 5.35. The molecule has 0 spiro atoms. The number of sulfone groups is 1. The smallest absolute Gasteiger partial charge is 0.249 e. The molecule has 2 heterocycles. The lowest BCUT2D eigenvalue weighted by Gasteiger charge is -2.11. The molecule has 1 amide bonds. The third kappa shape index (κ3) is 2.25. The second-order valence-corrected chi connectivity index (χ2v) is 7.68. The molecule has 22 heavy (non-hydrogen) atoms. The molecule has 0 saturated heterocycles. The van der Waals surface area contributed by atoms with Crippen molar-refractivity contribution in [2.75, 3.05) is 11.6 Å². The van der Waals surface area contributed by atoms with E-state index in [4.69, 9.17) is 5.73 Å². The maximum Gasteiger partial charge on any atom is 0.249 e. The summed E-state index contributed by atoms with van der Waals surface area (Å²) >= 11 is 0. The van der Waals surface area contributed by atoms with Gasteiger partial charge in [-0.2, -0.15) is 5.10 Å². The lowest BCUT2D eigenvalue weighted by Crippen LogP contribution is -2.26. The number of aromatic nitrogens is 2. The van der Waals surface area contributed by atoms with E-state index in [1.165, 1.54) is 6.26 Å². The minimum absolute atomic E-state index is 0.318. The molecular weight excluding hydrogens is 304 g/mol. The zero-order valence-electron chi connectivity index (χ0n) is 12.2. The van der Waals surface area contributed by atoms with E-state index in [1.54, 1.807) is 25.1 Å². The molecule has 3 rings (SSSR count). The number of aromatic amines is 1. The normalized spacial score (nSPS) is 17.1. The number of nitrogens with two attached hydrogens (primary N) is 1. The summed E-state index contributed by atoms with van der Waals surface area (Å²) in [7, 11) is -3.22. The van der Waals surface area contributed by atoms with Gasteiger partial charge in [-0.1, -0.05) is 18.2 Å². The SMILES string of the molecule is Cc1cccc(-c2n[nH]c3c2NC(S(C)(=O)=O)C3)c1C(N)=O. The predicted octanol–water partition coefficient (Wildman–Crippen LogP) is 0.823. The molecule has 0 bridgehead atoms.